The molecule has 3 aromatic carbocycles. The number of rotatable bonds is 7. The molecule has 0 aliphatic carbocycles. The van der Waals surface area contributed by atoms with Crippen molar-refractivity contribution in [3.8, 4) is 5.75 Å². The van der Waals surface area contributed by atoms with Gasteiger partial charge < -0.3 is 14.7 Å². The Balaban J connectivity index is 1.75. The van der Waals surface area contributed by atoms with Gasteiger partial charge in [0.05, 0.1) is 5.69 Å². The van der Waals surface area contributed by atoms with Gasteiger partial charge in [-0.25, -0.2) is 0 Å². The van der Waals surface area contributed by atoms with Crippen molar-refractivity contribution in [2.24, 2.45) is 0 Å². The summed E-state index contributed by atoms with van der Waals surface area (Å²) in [6.07, 6.45) is -2.57. The van der Waals surface area contributed by atoms with Crippen molar-refractivity contribution >= 4 is 28.0 Å². The van der Waals surface area contributed by atoms with Gasteiger partial charge in [0, 0.05) is 28.3 Å². The van der Waals surface area contributed by atoms with Crippen LogP contribution < -0.4 is 9.64 Å². The van der Waals surface area contributed by atoms with Crippen molar-refractivity contribution in [3.05, 3.63) is 78.9 Å². The van der Waals surface area contributed by atoms with Gasteiger partial charge in [-0.05, 0) is 56.2 Å². The number of para-hydroxylation sites is 2. The number of benzene rings is 3. The topological polar surface area (TPSA) is 32.7 Å². The second-order valence-electron chi connectivity index (χ2n) is 8.31. The molecular formula is C26H27F3NO2S+. The fourth-order valence-corrected chi connectivity index (χ4v) is 6.18. The van der Waals surface area contributed by atoms with Gasteiger partial charge in [-0.15, -0.1) is 0 Å². The Morgan fingerprint density at radius 2 is 1.39 bits per heavy atom. The van der Waals surface area contributed by atoms with E-state index in [0.29, 0.717) is 5.75 Å². The van der Waals surface area contributed by atoms with Crippen LogP contribution in [0.3, 0.4) is 0 Å². The lowest BCUT2D eigenvalue weighted by Crippen LogP contribution is -2.47. The number of hydrogen-bond donors (Lipinski definition) is 1. The highest BCUT2D eigenvalue weighted by molar-refractivity contribution is 7.97. The number of anilines is 3. The highest BCUT2D eigenvalue weighted by Crippen LogP contribution is 2.40. The molecule has 0 spiro atoms. The number of alkyl halides is 3. The molecule has 1 heterocycles. The molecule has 0 radical (unpaired) electrons. The van der Waals surface area contributed by atoms with Crippen molar-refractivity contribution in [3.63, 3.8) is 0 Å². The van der Waals surface area contributed by atoms with Crippen LogP contribution in [0.1, 0.15) is 19.8 Å². The standard InChI is InChI=1S/C26H27F3NO2S/c1-25(31,26(27,28)29)19-32-23-18-22(14-15-24(23)33-16-8-9-17-33)30(20-10-4-2-5-11-20)21-12-6-3-7-13-21/h2-7,10-15,18,31H,8-9,16-17,19H2,1H3/q+1. The van der Waals surface area contributed by atoms with E-state index < -0.39 is 18.4 Å². The highest BCUT2D eigenvalue weighted by atomic mass is 32.2. The van der Waals surface area contributed by atoms with E-state index in [1.165, 1.54) is 0 Å². The van der Waals surface area contributed by atoms with E-state index in [1.807, 2.05) is 77.7 Å². The van der Waals surface area contributed by atoms with E-state index in [4.69, 9.17) is 4.74 Å². The molecule has 1 aliphatic rings. The van der Waals surface area contributed by atoms with Crippen LogP contribution >= 0.6 is 0 Å². The summed E-state index contributed by atoms with van der Waals surface area (Å²) in [5.41, 5.74) is -0.306. The zero-order valence-corrected chi connectivity index (χ0v) is 19.2. The zero-order valence-electron chi connectivity index (χ0n) is 18.4. The van der Waals surface area contributed by atoms with Crippen molar-refractivity contribution in [1.29, 1.82) is 0 Å². The molecule has 1 fully saturated rings. The molecule has 1 N–H and O–H groups in total. The quantitative estimate of drug-likeness (QED) is 0.391. The van der Waals surface area contributed by atoms with Crippen LogP contribution in [0.25, 0.3) is 0 Å². The lowest BCUT2D eigenvalue weighted by atomic mass is 10.1. The Bertz CT molecular complexity index is 1010. The van der Waals surface area contributed by atoms with Gasteiger partial charge in [-0.3, -0.25) is 0 Å². The molecule has 0 bridgehead atoms. The largest absolute Gasteiger partial charge is 0.485 e. The maximum atomic E-state index is 13.3. The van der Waals surface area contributed by atoms with Crippen molar-refractivity contribution in [2.75, 3.05) is 23.0 Å². The van der Waals surface area contributed by atoms with E-state index in [-0.39, 0.29) is 10.9 Å². The summed E-state index contributed by atoms with van der Waals surface area (Å²) in [6, 6.07) is 25.3. The predicted octanol–water partition coefficient (Wildman–Crippen LogP) is 6.62. The molecule has 33 heavy (non-hydrogen) atoms. The molecule has 1 aliphatic heterocycles. The van der Waals surface area contributed by atoms with Gasteiger partial charge in [-0.1, -0.05) is 36.4 Å². The van der Waals surface area contributed by atoms with E-state index >= 15 is 0 Å². The molecule has 4 rings (SSSR count). The van der Waals surface area contributed by atoms with Crippen LogP contribution in [-0.2, 0) is 10.9 Å². The Morgan fingerprint density at radius 3 is 1.91 bits per heavy atom. The summed E-state index contributed by atoms with van der Waals surface area (Å²) >= 11 is 0. The fraction of sp³-hybridized carbons (Fsp3) is 0.308. The Morgan fingerprint density at radius 1 is 0.848 bits per heavy atom. The Kier molecular flexibility index (Phi) is 6.91. The normalized spacial score (nSPS) is 16.4. The second-order valence-corrected chi connectivity index (χ2v) is 10.5. The minimum absolute atomic E-state index is 0.0685. The SMILES string of the molecule is CC(O)(COc1cc(N(c2ccccc2)c2ccccc2)ccc1[S+]1CCCC1)C(F)(F)F. The molecule has 0 aromatic heterocycles. The first-order valence-electron chi connectivity index (χ1n) is 10.9. The fourth-order valence-electron chi connectivity index (χ4n) is 3.76. The summed E-state index contributed by atoms with van der Waals surface area (Å²) in [5.74, 6) is 2.41. The minimum atomic E-state index is -4.78. The van der Waals surface area contributed by atoms with Gasteiger partial charge >= 0.3 is 6.18 Å². The monoisotopic (exact) mass is 474 g/mol. The van der Waals surface area contributed by atoms with Crippen molar-refractivity contribution in [1.82, 2.24) is 0 Å². The molecule has 1 atom stereocenters. The van der Waals surface area contributed by atoms with Crippen LogP contribution in [-0.4, -0.2) is 35.0 Å². The van der Waals surface area contributed by atoms with Gasteiger partial charge in [-0.2, -0.15) is 13.2 Å². The molecule has 3 aromatic rings. The zero-order chi connectivity index (χ0) is 23.5. The van der Waals surface area contributed by atoms with Crippen LogP contribution in [0.15, 0.2) is 83.8 Å². The molecule has 3 nitrogen and oxygen atoms in total. The maximum Gasteiger partial charge on any atom is 0.420 e. The number of aliphatic hydroxyl groups is 1. The second kappa shape index (κ2) is 9.69. The molecule has 1 saturated heterocycles. The first-order chi connectivity index (χ1) is 15.8. The summed E-state index contributed by atoms with van der Waals surface area (Å²) in [6.45, 7) is -0.116. The molecular weight excluding hydrogens is 447 g/mol. The Labute approximate surface area is 195 Å². The third-order valence-corrected chi connectivity index (χ3v) is 8.20. The van der Waals surface area contributed by atoms with E-state index in [0.717, 1.165) is 53.2 Å². The van der Waals surface area contributed by atoms with Crippen LogP contribution in [0.5, 0.6) is 5.75 Å². The number of nitrogens with zero attached hydrogens (tertiary/aromatic N) is 1. The van der Waals surface area contributed by atoms with Crippen LogP contribution in [0, 0.1) is 0 Å². The first-order valence-corrected chi connectivity index (χ1v) is 12.5. The Hall–Kier alpha value is -2.64. The average molecular weight is 475 g/mol. The first kappa shape index (κ1) is 23.5. The van der Waals surface area contributed by atoms with Crippen molar-refractivity contribution < 1.29 is 23.0 Å². The molecule has 7 heteroatoms. The third-order valence-electron chi connectivity index (χ3n) is 5.68. The lowest BCUT2D eigenvalue weighted by molar-refractivity contribution is -0.260. The van der Waals surface area contributed by atoms with E-state index in [2.05, 4.69) is 0 Å². The van der Waals surface area contributed by atoms with E-state index in [9.17, 15) is 18.3 Å². The minimum Gasteiger partial charge on any atom is -0.485 e. The maximum absolute atomic E-state index is 13.3. The number of ether oxygens (including phenoxy) is 1. The molecule has 0 saturated carbocycles. The lowest BCUT2D eigenvalue weighted by Gasteiger charge is -2.28. The van der Waals surface area contributed by atoms with Gasteiger partial charge in [0.15, 0.2) is 16.2 Å². The molecule has 1 unspecified atom stereocenters. The smallest absolute Gasteiger partial charge is 0.420 e. The van der Waals surface area contributed by atoms with Gasteiger partial charge in [0.1, 0.15) is 18.1 Å². The molecule has 174 valence electrons. The van der Waals surface area contributed by atoms with Gasteiger partial charge in [0.2, 0.25) is 0 Å². The van der Waals surface area contributed by atoms with Crippen molar-refractivity contribution in [2.45, 2.75) is 36.4 Å². The average Bonchev–Trinajstić information content (AvgIpc) is 3.33. The van der Waals surface area contributed by atoms with E-state index in [1.54, 1.807) is 6.07 Å². The number of halogens is 3. The third kappa shape index (κ3) is 5.31. The summed E-state index contributed by atoms with van der Waals surface area (Å²) in [7, 11) is -0.0685. The summed E-state index contributed by atoms with van der Waals surface area (Å²) < 4.78 is 45.5. The summed E-state index contributed by atoms with van der Waals surface area (Å²) in [4.78, 5) is 2.96. The summed E-state index contributed by atoms with van der Waals surface area (Å²) in [5, 5.41) is 9.94. The highest BCUT2D eigenvalue weighted by Gasteiger charge is 2.51. The van der Waals surface area contributed by atoms with Crippen LogP contribution in [0.4, 0.5) is 30.2 Å². The number of hydrogen-bond acceptors (Lipinski definition) is 3. The van der Waals surface area contributed by atoms with Gasteiger partial charge in [0.25, 0.3) is 0 Å². The predicted molar refractivity (Wildman–Crippen MR) is 128 cm³/mol. The molecule has 0 amide bonds. The van der Waals surface area contributed by atoms with Crippen LogP contribution in [0.2, 0.25) is 0 Å².